The lowest BCUT2D eigenvalue weighted by molar-refractivity contribution is 0.538. The van der Waals surface area contributed by atoms with Crippen LogP contribution in [-0.4, -0.2) is 0 Å². The van der Waals surface area contributed by atoms with Crippen LogP contribution in [0.15, 0.2) is 23.8 Å². The van der Waals surface area contributed by atoms with E-state index < -0.39 is 0 Å². The van der Waals surface area contributed by atoms with E-state index in [1.165, 1.54) is 38.5 Å². The van der Waals surface area contributed by atoms with Crippen molar-refractivity contribution < 1.29 is 0 Å². The number of hydrogen-bond donors (Lipinski definition) is 0. The van der Waals surface area contributed by atoms with Crippen LogP contribution in [0.1, 0.15) is 52.4 Å². The maximum atomic E-state index is 2.40. The summed E-state index contributed by atoms with van der Waals surface area (Å²) in [6.45, 7) is 4.61. The Kier molecular flexibility index (Phi) is 4.88. The molecule has 1 rings (SSSR count). The van der Waals surface area contributed by atoms with E-state index in [2.05, 4.69) is 32.1 Å². The van der Waals surface area contributed by atoms with Gasteiger partial charge in [-0.25, -0.2) is 0 Å². The lowest BCUT2D eigenvalue weighted by atomic mass is 9.99. The molecule has 0 aromatic carbocycles. The van der Waals surface area contributed by atoms with E-state index in [0.717, 1.165) is 5.92 Å². The van der Waals surface area contributed by atoms with E-state index in [0.29, 0.717) is 0 Å². The van der Waals surface area contributed by atoms with Gasteiger partial charge in [-0.15, -0.1) is 0 Å². The average Bonchev–Trinajstić information content (AvgIpc) is 2.14. The summed E-state index contributed by atoms with van der Waals surface area (Å²) in [5.74, 6) is 0.871. The molecule has 1 aliphatic carbocycles. The molecule has 0 N–H and O–H groups in total. The van der Waals surface area contributed by atoms with Crippen LogP contribution >= 0.6 is 0 Å². The van der Waals surface area contributed by atoms with Gasteiger partial charge < -0.3 is 0 Å². The Bertz CT molecular complexity index is 184. The fourth-order valence-corrected chi connectivity index (χ4v) is 1.73. The third-order valence-corrected chi connectivity index (χ3v) is 2.57. The van der Waals surface area contributed by atoms with E-state index in [1.54, 1.807) is 5.57 Å². The lowest BCUT2D eigenvalue weighted by Gasteiger charge is -2.07. The number of rotatable bonds is 5. The van der Waals surface area contributed by atoms with Crippen molar-refractivity contribution in [2.45, 2.75) is 52.4 Å². The van der Waals surface area contributed by atoms with Crippen LogP contribution < -0.4 is 0 Å². The van der Waals surface area contributed by atoms with Crippen molar-refractivity contribution in [1.29, 1.82) is 0 Å². The van der Waals surface area contributed by atoms with E-state index in [9.17, 15) is 0 Å². The van der Waals surface area contributed by atoms with Gasteiger partial charge in [0.25, 0.3) is 0 Å². The second kappa shape index (κ2) is 6.01. The molecule has 0 nitrogen and oxygen atoms in total. The molecule has 0 saturated carbocycles. The summed E-state index contributed by atoms with van der Waals surface area (Å²) in [5.41, 5.74) is 1.56. The largest absolute Gasteiger partial charge is 0.0840 e. The zero-order valence-electron chi connectivity index (χ0n) is 9.05. The smallest absolute Gasteiger partial charge is 0.0282 e. The molecule has 0 aromatic heterocycles. The van der Waals surface area contributed by atoms with Crippen molar-refractivity contribution in [3.8, 4) is 0 Å². The summed E-state index contributed by atoms with van der Waals surface area (Å²) in [4.78, 5) is 0. The number of hydrogen-bond acceptors (Lipinski definition) is 0. The van der Waals surface area contributed by atoms with Gasteiger partial charge in [0.05, 0.1) is 0 Å². The minimum atomic E-state index is 0.871. The molecule has 0 bridgehead atoms. The Labute approximate surface area is 82.7 Å². The third-order valence-electron chi connectivity index (χ3n) is 2.57. The second-order valence-corrected chi connectivity index (χ2v) is 4.40. The van der Waals surface area contributed by atoms with Crippen molar-refractivity contribution in [2.75, 3.05) is 0 Å². The molecule has 0 amide bonds. The fraction of sp³-hybridized carbons (Fsp3) is 0.692. The molecule has 0 aliphatic heterocycles. The number of allylic oxidation sites excluding steroid dienone is 4. The first-order chi connectivity index (χ1) is 6.29. The van der Waals surface area contributed by atoms with Gasteiger partial charge in [-0.2, -0.15) is 0 Å². The Morgan fingerprint density at radius 2 is 2.08 bits per heavy atom. The summed E-state index contributed by atoms with van der Waals surface area (Å²) in [7, 11) is 0. The van der Waals surface area contributed by atoms with Crippen LogP contribution in [0.2, 0.25) is 0 Å². The van der Waals surface area contributed by atoms with Gasteiger partial charge in [-0.3, -0.25) is 0 Å². The van der Waals surface area contributed by atoms with E-state index >= 15 is 0 Å². The first-order valence-electron chi connectivity index (χ1n) is 5.64. The molecule has 0 unspecified atom stereocenters. The maximum Gasteiger partial charge on any atom is -0.0282 e. The summed E-state index contributed by atoms with van der Waals surface area (Å²) in [6, 6.07) is 0. The lowest BCUT2D eigenvalue weighted by Crippen LogP contribution is -1.89. The molecule has 0 heterocycles. The van der Waals surface area contributed by atoms with Gasteiger partial charge in [0.15, 0.2) is 0 Å². The molecule has 0 radical (unpaired) electrons. The Balaban J connectivity index is 2.05. The molecule has 74 valence electrons. The van der Waals surface area contributed by atoms with Crippen molar-refractivity contribution >= 4 is 0 Å². The van der Waals surface area contributed by atoms with Crippen LogP contribution in [0.4, 0.5) is 0 Å². The van der Waals surface area contributed by atoms with Gasteiger partial charge in [-0.1, -0.05) is 50.5 Å². The molecule has 0 fully saturated rings. The monoisotopic (exact) mass is 178 g/mol. The van der Waals surface area contributed by atoms with Crippen molar-refractivity contribution in [2.24, 2.45) is 5.92 Å². The maximum absolute atomic E-state index is 2.40. The van der Waals surface area contributed by atoms with Crippen LogP contribution in [0.3, 0.4) is 0 Å². The van der Waals surface area contributed by atoms with Gasteiger partial charge >= 0.3 is 0 Å². The molecule has 0 spiro atoms. The zero-order chi connectivity index (χ0) is 9.52. The Morgan fingerprint density at radius 3 is 2.69 bits per heavy atom. The molecule has 0 saturated heterocycles. The first-order valence-corrected chi connectivity index (χ1v) is 5.64. The van der Waals surface area contributed by atoms with Gasteiger partial charge in [0, 0.05) is 0 Å². The first kappa shape index (κ1) is 10.6. The predicted octanol–water partition coefficient (Wildman–Crippen LogP) is 4.48. The fourth-order valence-electron chi connectivity index (χ4n) is 1.73. The quantitative estimate of drug-likeness (QED) is 0.544. The molecular weight excluding hydrogens is 156 g/mol. The molecule has 0 heteroatoms. The van der Waals surface area contributed by atoms with Crippen LogP contribution in [0.5, 0.6) is 0 Å². The molecular formula is C13H22. The molecule has 13 heavy (non-hydrogen) atoms. The summed E-state index contributed by atoms with van der Waals surface area (Å²) in [6.07, 6.45) is 15.0. The Hall–Kier alpha value is -0.520. The van der Waals surface area contributed by atoms with Crippen LogP contribution in [0, 0.1) is 5.92 Å². The van der Waals surface area contributed by atoms with Crippen molar-refractivity contribution in [3.05, 3.63) is 23.8 Å². The van der Waals surface area contributed by atoms with E-state index in [4.69, 9.17) is 0 Å². The number of unbranched alkanes of at least 4 members (excludes halogenated alkanes) is 1. The Morgan fingerprint density at radius 1 is 1.23 bits per heavy atom. The highest BCUT2D eigenvalue weighted by molar-refractivity contribution is 5.21. The second-order valence-electron chi connectivity index (χ2n) is 4.40. The highest BCUT2D eigenvalue weighted by Crippen LogP contribution is 2.17. The molecule has 0 atom stereocenters. The summed E-state index contributed by atoms with van der Waals surface area (Å²) < 4.78 is 0. The van der Waals surface area contributed by atoms with Crippen LogP contribution in [0.25, 0.3) is 0 Å². The SMILES string of the molecule is CC(C)CCCCC1=CCCC=C1. The highest BCUT2D eigenvalue weighted by Gasteiger charge is 1.98. The van der Waals surface area contributed by atoms with Crippen molar-refractivity contribution in [1.82, 2.24) is 0 Å². The highest BCUT2D eigenvalue weighted by atomic mass is 14.0. The molecule has 0 aromatic rings. The normalized spacial score (nSPS) is 16.4. The summed E-state index contributed by atoms with van der Waals surface area (Å²) >= 11 is 0. The minimum absolute atomic E-state index is 0.871. The average molecular weight is 178 g/mol. The predicted molar refractivity (Wildman–Crippen MR) is 59.8 cm³/mol. The van der Waals surface area contributed by atoms with Gasteiger partial charge in [-0.05, 0) is 31.6 Å². The van der Waals surface area contributed by atoms with Gasteiger partial charge in [0.2, 0.25) is 0 Å². The molecule has 1 aliphatic rings. The topological polar surface area (TPSA) is 0 Å². The zero-order valence-corrected chi connectivity index (χ0v) is 9.05. The third kappa shape index (κ3) is 4.92. The van der Waals surface area contributed by atoms with Crippen LogP contribution in [-0.2, 0) is 0 Å². The minimum Gasteiger partial charge on any atom is -0.0840 e. The standard InChI is InChI=1S/C13H22/c1-12(2)8-6-7-11-13-9-4-3-5-10-13/h4,9-10,12H,3,5-8,11H2,1-2H3. The van der Waals surface area contributed by atoms with E-state index in [1.807, 2.05) is 0 Å². The van der Waals surface area contributed by atoms with Crippen molar-refractivity contribution in [3.63, 3.8) is 0 Å². The summed E-state index contributed by atoms with van der Waals surface area (Å²) in [5, 5.41) is 0. The van der Waals surface area contributed by atoms with Gasteiger partial charge in [0.1, 0.15) is 0 Å². The van der Waals surface area contributed by atoms with E-state index in [-0.39, 0.29) is 0 Å².